The van der Waals surface area contributed by atoms with Gasteiger partial charge in [0.1, 0.15) is 19.0 Å². The van der Waals surface area contributed by atoms with E-state index < -0.39 is 17.9 Å². The normalized spacial score (nSPS) is 12.4. The van der Waals surface area contributed by atoms with Gasteiger partial charge in [0, 0.05) is 35.5 Å². The number of ether oxygens (including phenoxy) is 2. The summed E-state index contributed by atoms with van der Waals surface area (Å²) < 4.78 is 24.6. The van der Waals surface area contributed by atoms with E-state index in [9.17, 15) is 14.0 Å². The van der Waals surface area contributed by atoms with Crippen LogP contribution in [0.3, 0.4) is 0 Å². The molecule has 35 heavy (non-hydrogen) atoms. The van der Waals surface area contributed by atoms with Crippen LogP contribution in [0.1, 0.15) is 25.3 Å². The van der Waals surface area contributed by atoms with Crippen molar-refractivity contribution in [3.05, 3.63) is 42.0 Å². The van der Waals surface area contributed by atoms with Crippen LogP contribution in [-0.4, -0.2) is 60.0 Å². The molecule has 1 saturated heterocycles. The van der Waals surface area contributed by atoms with E-state index in [0.717, 1.165) is 5.71 Å². The summed E-state index contributed by atoms with van der Waals surface area (Å²) in [5, 5.41) is 4.04. The minimum atomic E-state index is -1.01. The Bertz CT molecular complexity index is 1100. The number of rotatable bonds is 10. The van der Waals surface area contributed by atoms with Gasteiger partial charge < -0.3 is 30.7 Å². The van der Waals surface area contributed by atoms with Crippen molar-refractivity contribution >= 4 is 29.7 Å². The third-order valence-electron chi connectivity index (χ3n) is 4.74. The fourth-order valence-electron chi connectivity index (χ4n) is 3.06. The van der Waals surface area contributed by atoms with Crippen LogP contribution >= 0.6 is 0 Å². The standard InChI is InChI=1S/C22H26FN7O5/c1-2-33-18(31)7-4-8-35-29-16-11-30(12-16)21-26-9-15(10-27-21)17-6-3-5-14(19(17)23)13-34-22(32)28-20(24)25/h3,5-6,9-10H,2,4,7-8,11-13H2,1H3,(H4,24,25,28,32). The molecule has 3 rings (SSSR count). The number of aromatic nitrogens is 2. The zero-order valence-corrected chi connectivity index (χ0v) is 19.1. The number of hydrogen-bond donors (Lipinski definition) is 2. The van der Waals surface area contributed by atoms with E-state index in [1.54, 1.807) is 19.1 Å². The SMILES string of the molecule is CCOC(=O)CCCON=C1CN(c2ncc(-c3cccc(COC(=O)N=C(N)N)c3F)cn2)C1. The van der Waals surface area contributed by atoms with Crippen molar-refractivity contribution in [2.45, 2.75) is 26.4 Å². The second-order valence-electron chi connectivity index (χ2n) is 7.40. The number of oxime groups is 1. The predicted molar refractivity (Wildman–Crippen MR) is 125 cm³/mol. The molecule has 1 aromatic carbocycles. The molecule has 186 valence electrons. The Morgan fingerprint density at radius 3 is 2.60 bits per heavy atom. The minimum Gasteiger partial charge on any atom is -0.466 e. The molecule has 12 nitrogen and oxygen atoms in total. The number of carbonyl (C=O) groups excluding carboxylic acids is 2. The van der Waals surface area contributed by atoms with Gasteiger partial charge in [-0.3, -0.25) is 4.79 Å². The average Bonchev–Trinajstić information content (AvgIpc) is 2.79. The molecule has 1 aliphatic rings. The molecule has 4 N–H and O–H groups in total. The summed E-state index contributed by atoms with van der Waals surface area (Å²) >= 11 is 0. The third-order valence-corrected chi connectivity index (χ3v) is 4.74. The van der Waals surface area contributed by atoms with Crippen LogP contribution in [0.4, 0.5) is 15.1 Å². The quantitative estimate of drug-likeness (QED) is 0.165. The zero-order valence-electron chi connectivity index (χ0n) is 19.1. The summed E-state index contributed by atoms with van der Waals surface area (Å²) in [6.45, 7) is 3.11. The average molecular weight is 487 g/mol. The molecule has 13 heteroatoms. The number of guanidine groups is 1. The van der Waals surface area contributed by atoms with E-state index >= 15 is 0 Å². The summed E-state index contributed by atoms with van der Waals surface area (Å²) in [5.41, 5.74) is 11.9. The summed E-state index contributed by atoms with van der Waals surface area (Å²) in [6.07, 6.45) is 2.83. The lowest BCUT2D eigenvalue weighted by molar-refractivity contribution is -0.143. The van der Waals surface area contributed by atoms with E-state index in [1.165, 1.54) is 18.5 Å². The lowest BCUT2D eigenvalue weighted by Gasteiger charge is -2.31. The molecule has 0 saturated carbocycles. The predicted octanol–water partition coefficient (Wildman–Crippen LogP) is 1.73. The Morgan fingerprint density at radius 1 is 1.17 bits per heavy atom. The highest BCUT2D eigenvalue weighted by Crippen LogP contribution is 2.26. The van der Waals surface area contributed by atoms with E-state index in [4.69, 9.17) is 25.8 Å². The molecule has 0 spiro atoms. The monoisotopic (exact) mass is 487 g/mol. The van der Waals surface area contributed by atoms with Gasteiger partial charge in [-0.1, -0.05) is 23.4 Å². The summed E-state index contributed by atoms with van der Waals surface area (Å²) in [7, 11) is 0. The number of nitrogens with zero attached hydrogens (tertiary/aromatic N) is 5. The number of halogens is 1. The fraction of sp³-hybridized carbons (Fsp3) is 0.364. The number of anilines is 1. The number of hydrogen-bond acceptors (Lipinski definition) is 9. The number of nitrogens with two attached hydrogens (primary N) is 2. The third kappa shape index (κ3) is 7.35. The largest absolute Gasteiger partial charge is 0.466 e. The van der Waals surface area contributed by atoms with Crippen LogP contribution < -0.4 is 16.4 Å². The number of benzene rings is 1. The van der Waals surface area contributed by atoms with Crippen molar-refractivity contribution in [3.8, 4) is 11.1 Å². The Balaban J connectivity index is 1.50. The molecule has 2 heterocycles. The minimum absolute atomic E-state index is 0.150. The summed E-state index contributed by atoms with van der Waals surface area (Å²) in [5.74, 6) is -0.796. The van der Waals surface area contributed by atoms with Gasteiger partial charge in [-0.15, -0.1) is 4.99 Å². The second-order valence-corrected chi connectivity index (χ2v) is 7.40. The van der Waals surface area contributed by atoms with Crippen molar-refractivity contribution < 1.29 is 28.3 Å². The zero-order chi connectivity index (χ0) is 25.2. The Kier molecular flexibility index (Phi) is 8.87. The van der Waals surface area contributed by atoms with Gasteiger partial charge in [-0.25, -0.2) is 19.2 Å². The topological polar surface area (TPSA) is 168 Å². The van der Waals surface area contributed by atoms with Crippen molar-refractivity contribution in [3.63, 3.8) is 0 Å². The lowest BCUT2D eigenvalue weighted by Crippen LogP contribution is -2.48. The Hall–Kier alpha value is -4.29. The number of aliphatic imine (C=N–C) groups is 1. The summed E-state index contributed by atoms with van der Waals surface area (Å²) in [4.78, 5) is 41.6. The first-order valence-electron chi connectivity index (χ1n) is 10.8. The molecule has 0 aliphatic carbocycles. The molecule has 0 unspecified atom stereocenters. The van der Waals surface area contributed by atoms with Gasteiger partial charge >= 0.3 is 12.1 Å². The van der Waals surface area contributed by atoms with Crippen molar-refractivity contribution in [1.29, 1.82) is 0 Å². The van der Waals surface area contributed by atoms with Gasteiger partial charge in [0.25, 0.3) is 0 Å². The molecule has 1 aliphatic heterocycles. The van der Waals surface area contributed by atoms with Crippen molar-refractivity contribution in [2.24, 2.45) is 21.6 Å². The van der Waals surface area contributed by atoms with Gasteiger partial charge in [-0.05, 0) is 13.3 Å². The molecule has 1 amide bonds. The molecule has 0 bridgehead atoms. The van der Waals surface area contributed by atoms with E-state index in [-0.39, 0.29) is 30.1 Å². The first-order valence-corrected chi connectivity index (χ1v) is 10.8. The highest BCUT2D eigenvalue weighted by molar-refractivity contribution is 5.98. The Labute approximate surface area is 200 Å². The van der Waals surface area contributed by atoms with E-state index in [2.05, 4.69) is 20.1 Å². The molecular weight excluding hydrogens is 461 g/mol. The van der Waals surface area contributed by atoms with E-state index in [1.807, 2.05) is 4.90 Å². The fourth-order valence-corrected chi connectivity index (χ4v) is 3.06. The molecular formula is C22H26FN7O5. The molecule has 2 aromatic rings. The maximum atomic E-state index is 14.9. The lowest BCUT2D eigenvalue weighted by atomic mass is 10.1. The number of carbonyl (C=O) groups is 2. The van der Waals surface area contributed by atoms with Crippen molar-refractivity contribution in [2.75, 3.05) is 31.2 Å². The van der Waals surface area contributed by atoms with Gasteiger partial charge in [0.2, 0.25) is 5.95 Å². The summed E-state index contributed by atoms with van der Waals surface area (Å²) in [6, 6.07) is 4.68. The smallest absolute Gasteiger partial charge is 0.437 e. The first-order chi connectivity index (χ1) is 16.9. The van der Waals surface area contributed by atoms with Gasteiger partial charge in [0.15, 0.2) is 5.96 Å². The van der Waals surface area contributed by atoms with Crippen LogP contribution in [0.25, 0.3) is 11.1 Å². The molecule has 1 fully saturated rings. The van der Waals surface area contributed by atoms with Crippen LogP contribution in [0.2, 0.25) is 0 Å². The number of amides is 1. The van der Waals surface area contributed by atoms with Crippen molar-refractivity contribution in [1.82, 2.24) is 9.97 Å². The highest BCUT2D eigenvalue weighted by atomic mass is 19.1. The van der Waals surface area contributed by atoms with Crippen LogP contribution in [-0.2, 0) is 25.7 Å². The highest BCUT2D eigenvalue weighted by Gasteiger charge is 2.25. The Morgan fingerprint density at radius 2 is 1.91 bits per heavy atom. The molecule has 0 atom stereocenters. The number of esters is 1. The van der Waals surface area contributed by atoms with Crippen LogP contribution in [0.15, 0.2) is 40.7 Å². The molecule has 0 radical (unpaired) electrons. The first kappa shape index (κ1) is 25.3. The van der Waals surface area contributed by atoms with Crippen LogP contribution in [0, 0.1) is 5.82 Å². The van der Waals surface area contributed by atoms with Gasteiger partial charge in [0.05, 0.1) is 25.4 Å². The molecule has 1 aromatic heterocycles. The van der Waals surface area contributed by atoms with Crippen LogP contribution in [0.5, 0.6) is 0 Å². The maximum absolute atomic E-state index is 14.9. The maximum Gasteiger partial charge on any atom is 0.437 e. The van der Waals surface area contributed by atoms with E-state index in [0.29, 0.717) is 44.2 Å². The second kappa shape index (κ2) is 12.3. The van der Waals surface area contributed by atoms with Gasteiger partial charge in [-0.2, -0.15) is 0 Å².